The fourth-order valence-corrected chi connectivity index (χ4v) is 9.72. The zero-order chi connectivity index (χ0) is 42.3. The van der Waals surface area contributed by atoms with Crippen LogP contribution >= 0.6 is 23.2 Å². The number of imide groups is 2. The number of nitrogens with one attached hydrogen (secondary N) is 1. The van der Waals surface area contributed by atoms with Crippen molar-refractivity contribution in [2.24, 2.45) is 23.7 Å². The number of alkyl halides is 3. The number of anilines is 2. The summed E-state index contributed by atoms with van der Waals surface area (Å²) in [6, 6.07) is 15.0. The number of pyridine rings is 1. The summed E-state index contributed by atoms with van der Waals surface area (Å²) >= 11 is 12.6. The summed E-state index contributed by atoms with van der Waals surface area (Å²) in [4.78, 5) is 75.3. The number of amides is 4. The molecule has 1 aromatic heterocycles. The van der Waals surface area contributed by atoms with Crippen molar-refractivity contribution in [2.45, 2.75) is 36.8 Å². The molecule has 4 aliphatic rings. The number of allylic oxidation sites excluding steroid dienone is 3. The monoisotopic (exact) mass is 846 g/mol. The Labute approximate surface area is 343 Å². The predicted molar refractivity (Wildman–Crippen MR) is 206 cm³/mol. The molecule has 17 heteroatoms. The highest BCUT2D eigenvalue weighted by atomic mass is 35.5. The number of nitrogens with zero attached hydrogens (tertiary/aromatic N) is 3. The number of aromatic nitrogens is 1. The maximum atomic E-state index is 15.4. The van der Waals surface area contributed by atoms with E-state index in [0.717, 1.165) is 17.0 Å². The quantitative estimate of drug-likeness (QED) is 0.103. The van der Waals surface area contributed by atoms with Crippen LogP contribution in [0.4, 0.5) is 24.7 Å². The number of para-hydroxylation sites is 1. The van der Waals surface area contributed by atoms with Crippen LogP contribution < -0.4 is 10.3 Å². The van der Waals surface area contributed by atoms with Gasteiger partial charge in [-0.15, -0.1) is 6.58 Å². The van der Waals surface area contributed by atoms with Gasteiger partial charge in [-0.2, -0.15) is 18.2 Å². The van der Waals surface area contributed by atoms with E-state index in [2.05, 4.69) is 17.0 Å². The number of hydrogen-bond donors (Lipinski definition) is 4. The molecule has 4 aromatic rings. The maximum absolute atomic E-state index is 15.4. The molecule has 2 saturated heterocycles. The Kier molecular flexibility index (Phi) is 9.59. The SMILES string of the molecule is C=CCc1cccc(C2C3=CCC4C(=O)N(c5ccc(C(=O)O)c(O)c5)C(=O)C4C3CC3C(=O)N(Nc4ncc(C(F)(F)F)cc4Cl)C(=O)C32c2ccc(Cl)cc2)c1O. The van der Waals surface area contributed by atoms with Gasteiger partial charge in [0.2, 0.25) is 11.8 Å². The lowest BCUT2D eigenvalue weighted by atomic mass is 9.49. The number of carbonyl (C=O) groups is 5. The third-order valence-electron chi connectivity index (χ3n) is 11.9. The van der Waals surface area contributed by atoms with Crippen molar-refractivity contribution in [3.63, 3.8) is 0 Å². The molecule has 1 saturated carbocycles. The molecule has 6 atom stereocenters. The standard InChI is InChI=1S/C42H31Cl2F3N4O8/c1-2-4-19-5-3-6-27(34(19)53)33-24-13-14-26-32(38(56)50(36(26)54)23-11-12-25(39(57)58)31(52)16-23)28(24)17-29-37(55)51(40(59)41(29,33)20-7-9-22(43)10-8-20)49-35-30(44)15-21(18-48-35)42(45,46)47/h2-3,5-13,15-16,18,26,28-29,32-33,52-53H,1,4,14,17H2,(H,48,49)(H,57,58). The number of aromatic hydroxyl groups is 2. The first-order valence-corrected chi connectivity index (χ1v) is 19.0. The summed E-state index contributed by atoms with van der Waals surface area (Å²) in [5.74, 6) is -11.2. The van der Waals surface area contributed by atoms with Crippen LogP contribution in [0.2, 0.25) is 10.0 Å². The van der Waals surface area contributed by atoms with E-state index in [-0.39, 0.29) is 36.3 Å². The second-order valence-corrected chi connectivity index (χ2v) is 15.6. The van der Waals surface area contributed by atoms with Crippen molar-refractivity contribution in [1.82, 2.24) is 9.99 Å². The number of hydrazine groups is 1. The molecule has 0 bridgehead atoms. The molecule has 2 aliphatic heterocycles. The molecule has 6 unspecified atom stereocenters. The Bertz CT molecular complexity index is 2550. The summed E-state index contributed by atoms with van der Waals surface area (Å²) in [5, 5.41) is 32.3. The van der Waals surface area contributed by atoms with Gasteiger partial charge in [-0.05, 0) is 66.6 Å². The van der Waals surface area contributed by atoms with E-state index in [4.69, 9.17) is 23.2 Å². The number of carboxylic acids is 1. The molecule has 3 heterocycles. The molecule has 3 aromatic carbocycles. The summed E-state index contributed by atoms with van der Waals surface area (Å²) in [5.41, 5.74) is 0.414. The number of aromatic carboxylic acids is 1. The number of halogens is 5. The Hall–Kier alpha value is -6.19. The highest BCUT2D eigenvalue weighted by molar-refractivity contribution is 6.33. The molecule has 4 N–H and O–H groups in total. The van der Waals surface area contributed by atoms with E-state index in [1.54, 1.807) is 42.5 Å². The van der Waals surface area contributed by atoms with Crippen molar-refractivity contribution in [3.05, 3.63) is 135 Å². The number of phenolic OH excluding ortho intramolecular Hbond substituents is 1. The number of rotatable bonds is 8. The number of fused-ring (bicyclic) bond motifs is 4. The molecule has 0 radical (unpaired) electrons. The second-order valence-electron chi connectivity index (χ2n) is 14.8. The number of carbonyl (C=O) groups excluding carboxylic acids is 4. The number of benzene rings is 3. The van der Waals surface area contributed by atoms with E-state index in [1.807, 2.05) is 0 Å². The van der Waals surface area contributed by atoms with Crippen LogP contribution in [-0.4, -0.2) is 54.9 Å². The van der Waals surface area contributed by atoms with Gasteiger partial charge in [-0.3, -0.25) is 24.6 Å². The smallest absolute Gasteiger partial charge is 0.417 e. The molecule has 12 nitrogen and oxygen atoms in total. The van der Waals surface area contributed by atoms with Crippen molar-refractivity contribution in [3.8, 4) is 11.5 Å². The van der Waals surface area contributed by atoms with E-state index in [0.29, 0.717) is 39.0 Å². The van der Waals surface area contributed by atoms with Crippen LogP contribution in [0, 0.1) is 23.7 Å². The van der Waals surface area contributed by atoms with Crippen LogP contribution in [0.3, 0.4) is 0 Å². The lowest BCUT2D eigenvalue weighted by molar-refractivity contribution is -0.139. The highest BCUT2D eigenvalue weighted by Crippen LogP contribution is 2.65. The minimum atomic E-state index is -4.80. The Morgan fingerprint density at radius 2 is 1.71 bits per heavy atom. The van der Waals surface area contributed by atoms with Gasteiger partial charge in [0.15, 0.2) is 5.82 Å². The fraction of sp³-hybridized carbons (Fsp3) is 0.238. The molecular formula is C42H31Cl2F3N4O8. The van der Waals surface area contributed by atoms with Crippen LogP contribution in [0.1, 0.15) is 51.4 Å². The Morgan fingerprint density at radius 3 is 2.36 bits per heavy atom. The Balaban J connectivity index is 1.32. The number of phenols is 2. The van der Waals surface area contributed by atoms with Gasteiger partial charge < -0.3 is 15.3 Å². The minimum absolute atomic E-state index is 0.00305. The minimum Gasteiger partial charge on any atom is -0.507 e. The normalized spacial score (nSPS) is 25.0. The van der Waals surface area contributed by atoms with Gasteiger partial charge in [-0.25, -0.2) is 14.7 Å². The molecule has 0 spiro atoms. The van der Waals surface area contributed by atoms with Crippen molar-refractivity contribution in [1.29, 1.82) is 0 Å². The predicted octanol–water partition coefficient (Wildman–Crippen LogP) is 7.43. The average molecular weight is 848 g/mol. The molecule has 2 aliphatic carbocycles. The van der Waals surface area contributed by atoms with Crippen LogP contribution in [0.25, 0.3) is 0 Å². The van der Waals surface area contributed by atoms with Crippen molar-refractivity contribution >= 4 is 64.3 Å². The first-order valence-electron chi connectivity index (χ1n) is 18.2. The van der Waals surface area contributed by atoms with E-state index in [9.17, 15) is 47.7 Å². The van der Waals surface area contributed by atoms with Gasteiger partial charge in [0.25, 0.3) is 11.8 Å². The van der Waals surface area contributed by atoms with Crippen molar-refractivity contribution < 1.29 is 52.5 Å². The lowest BCUT2D eigenvalue weighted by Gasteiger charge is -2.50. The molecule has 4 amide bonds. The summed E-state index contributed by atoms with van der Waals surface area (Å²) in [7, 11) is 0. The Morgan fingerprint density at radius 1 is 0.983 bits per heavy atom. The van der Waals surface area contributed by atoms with Crippen molar-refractivity contribution in [2.75, 3.05) is 10.3 Å². The van der Waals surface area contributed by atoms with E-state index >= 15 is 4.79 Å². The van der Waals surface area contributed by atoms with E-state index < -0.39 is 98.5 Å². The van der Waals surface area contributed by atoms with Gasteiger partial charge in [-0.1, -0.05) is 71.3 Å². The molecule has 3 fully saturated rings. The zero-order valence-electron chi connectivity index (χ0n) is 30.4. The first-order chi connectivity index (χ1) is 28.0. The third kappa shape index (κ3) is 6.05. The van der Waals surface area contributed by atoms with Gasteiger partial charge in [0.1, 0.15) is 17.1 Å². The van der Waals surface area contributed by atoms with Crippen LogP contribution in [-0.2, 0) is 37.2 Å². The molecular weight excluding hydrogens is 816 g/mol. The van der Waals surface area contributed by atoms with Gasteiger partial charge in [0, 0.05) is 28.8 Å². The molecule has 302 valence electrons. The largest absolute Gasteiger partial charge is 0.507 e. The summed E-state index contributed by atoms with van der Waals surface area (Å²) < 4.78 is 40.6. The van der Waals surface area contributed by atoms with Crippen LogP contribution in [0.15, 0.2) is 97.2 Å². The topological polar surface area (TPSA) is 177 Å². The van der Waals surface area contributed by atoms with Gasteiger partial charge in [0.05, 0.1) is 39.4 Å². The fourth-order valence-electron chi connectivity index (χ4n) is 9.39. The highest BCUT2D eigenvalue weighted by Gasteiger charge is 2.71. The number of hydrogen-bond acceptors (Lipinski definition) is 9. The van der Waals surface area contributed by atoms with Gasteiger partial charge >= 0.3 is 12.1 Å². The maximum Gasteiger partial charge on any atom is 0.417 e. The zero-order valence-corrected chi connectivity index (χ0v) is 31.9. The third-order valence-corrected chi connectivity index (χ3v) is 12.4. The molecule has 8 rings (SSSR count). The van der Waals surface area contributed by atoms with Crippen LogP contribution in [0.5, 0.6) is 11.5 Å². The van der Waals surface area contributed by atoms with E-state index in [1.165, 1.54) is 18.2 Å². The first kappa shape index (κ1) is 39.6. The second kappa shape index (κ2) is 14.3. The summed E-state index contributed by atoms with van der Waals surface area (Å²) in [6.45, 7) is 3.78. The number of carboxylic acid groups (broad SMARTS) is 1. The summed E-state index contributed by atoms with van der Waals surface area (Å²) in [6.07, 6.45) is -0.966. The molecule has 59 heavy (non-hydrogen) atoms. The lowest BCUT2D eigenvalue weighted by Crippen LogP contribution is -2.53. The average Bonchev–Trinajstić information content (AvgIpc) is 3.57.